The molecular formula is C30H28N2O6S. The summed E-state index contributed by atoms with van der Waals surface area (Å²) in [5, 5.41) is 12.5. The number of fused-ring (bicyclic) bond motifs is 2. The molecule has 0 atom stereocenters. The maximum absolute atomic E-state index is 12.8. The fraction of sp³-hybridized carbons (Fsp3) is 0.167. The Morgan fingerprint density at radius 1 is 0.897 bits per heavy atom. The maximum Gasteiger partial charge on any atom is 0.512 e. The van der Waals surface area contributed by atoms with Crippen LogP contribution in [0.25, 0.3) is 32.8 Å². The van der Waals surface area contributed by atoms with Crippen molar-refractivity contribution in [2.24, 2.45) is 0 Å². The van der Waals surface area contributed by atoms with Crippen molar-refractivity contribution < 1.29 is 27.8 Å². The number of carboxylic acid groups (broad SMARTS) is 1. The summed E-state index contributed by atoms with van der Waals surface area (Å²) in [4.78, 5) is 11.9. The Kier molecular flexibility index (Phi) is 7.28. The fourth-order valence-electron chi connectivity index (χ4n) is 4.72. The molecule has 0 saturated carbocycles. The van der Waals surface area contributed by atoms with Gasteiger partial charge in [-0.05, 0) is 41.6 Å². The number of hydrogen-bond donors (Lipinski definition) is 1. The zero-order chi connectivity index (χ0) is 27.6. The van der Waals surface area contributed by atoms with E-state index in [1.165, 1.54) is 20.2 Å². The summed E-state index contributed by atoms with van der Waals surface area (Å²) in [6.07, 6.45) is -0.879. The van der Waals surface area contributed by atoms with Gasteiger partial charge in [-0.25, -0.2) is 17.5 Å². The zero-order valence-corrected chi connectivity index (χ0v) is 22.4. The van der Waals surface area contributed by atoms with Crippen LogP contribution in [0.5, 0.6) is 11.6 Å². The van der Waals surface area contributed by atoms with E-state index in [2.05, 4.69) is 0 Å². The summed E-state index contributed by atoms with van der Waals surface area (Å²) in [6.45, 7) is 0.822. The molecule has 4 aromatic carbocycles. The van der Waals surface area contributed by atoms with E-state index in [0.717, 1.165) is 31.7 Å². The van der Waals surface area contributed by atoms with Crippen molar-refractivity contribution in [3.05, 3.63) is 91.0 Å². The summed E-state index contributed by atoms with van der Waals surface area (Å²) in [5.41, 5.74) is 1.82. The highest BCUT2D eigenvalue weighted by Gasteiger charge is 2.24. The molecule has 200 valence electrons. The maximum atomic E-state index is 12.8. The highest BCUT2D eigenvalue weighted by atomic mass is 32.2. The summed E-state index contributed by atoms with van der Waals surface area (Å²) in [5.74, 6) is 0.917. The molecule has 0 unspecified atom stereocenters. The van der Waals surface area contributed by atoms with E-state index in [9.17, 15) is 18.3 Å². The van der Waals surface area contributed by atoms with Gasteiger partial charge >= 0.3 is 6.16 Å². The second-order valence-electron chi connectivity index (χ2n) is 9.21. The lowest BCUT2D eigenvalue weighted by Crippen LogP contribution is -2.22. The minimum Gasteiger partial charge on any atom is -0.493 e. The first-order valence-electron chi connectivity index (χ1n) is 12.4. The van der Waals surface area contributed by atoms with Gasteiger partial charge in [-0.3, -0.25) is 0 Å². The number of aromatic nitrogens is 1. The lowest BCUT2D eigenvalue weighted by atomic mass is 10.0. The molecule has 5 aromatic rings. The number of benzene rings is 4. The second-order valence-corrected chi connectivity index (χ2v) is 11.4. The van der Waals surface area contributed by atoms with Gasteiger partial charge in [0, 0.05) is 31.4 Å². The molecule has 1 N–H and O–H groups in total. The third kappa shape index (κ3) is 5.19. The smallest absolute Gasteiger partial charge is 0.493 e. The Balaban J connectivity index is 1.51. The van der Waals surface area contributed by atoms with Crippen LogP contribution < -0.4 is 9.47 Å². The molecule has 0 aliphatic heterocycles. The van der Waals surface area contributed by atoms with Crippen LogP contribution in [0.15, 0.2) is 95.9 Å². The topological polar surface area (TPSA) is 98.1 Å². The van der Waals surface area contributed by atoms with Crippen molar-refractivity contribution in [1.82, 2.24) is 8.87 Å². The molecule has 9 heteroatoms. The van der Waals surface area contributed by atoms with E-state index in [1.807, 2.05) is 66.7 Å². The normalized spacial score (nSPS) is 11.8. The van der Waals surface area contributed by atoms with E-state index in [-0.39, 0.29) is 10.8 Å². The first kappa shape index (κ1) is 26.3. The Labute approximate surface area is 226 Å². The third-order valence-corrected chi connectivity index (χ3v) is 8.35. The van der Waals surface area contributed by atoms with Crippen molar-refractivity contribution in [3.63, 3.8) is 0 Å². The number of carbonyl (C=O) groups is 1. The van der Waals surface area contributed by atoms with Crippen molar-refractivity contribution >= 4 is 37.9 Å². The highest BCUT2D eigenvalue weighted by Crippen LogP contribution is 2.41. The minimum absolute atomic E-state index is 0.103. The van der Waals surface area contributed by atoms with Crippen molar-refractivity contribution in [2.45, 2.75) is 17.9 Å². The molecule has 0 radical (unpaired) electrons. The van der Waals surface area contributed by atoms with Crippen LogP contribution in [0.3, 0.4) is 0 Å². The number of hydrogen-bond acceptors (Lipinski definition) is 5. The number of para-hydroxylation sites is 1. The Morgan fingerprint density at radius 3 is 2.36 bits per heavy atom. The standard InChI is InChI=1S/C30H28N2O6S/c1-31(2)39(35,36)23-13-7-12-22(20-23)28-25-15-5-6-16-26(25)32(29(28)38-30(33)34)18-9-19-37-27-17-8-11-21-10-3-4-14-24(21)27/h3-8,10-17,20H,9,18-19H2,1-2H3,(H,33,34). The van der Waals surface area contributed by atoms with Crippen LogP contribution in [0.4, 0.5) is 4.79 Å². The Morgan fingerprint density at radius 2 is 1.59 bits per heavy atom. The molecule has 1 heterocycles. The molecule has 0 bridgehead atoms. The van der Waals surface area contributed by atoms with E-state index in [4.69, 9.17) is 9.47 Å². The van der Waals surface area contributed by atoms with Crippen LogP contribution >= 0.6 is 0 Å². The molecule has 5 rings (SSSR count). The van der Waals surface area contributed by atoms with Crippen molar-refractivity contribution in [1.29, 1.82) is 0 Å². The molecule has 1 aromatic heterocycles. The Hall–Kier alpha value is -4.34. The summed E-state index contributed by atoms with van der Waals surface area (Å²) in [7, 11) is -0.766. The van der Waals surface area contributed by atoms with Crippen molar-refractivity contribution in [3.8, 4) is 22.8 Å². The summed E-state index contributed by atoms with van der Waals surface area (Å²) in [6, 6.07) is 27.8. The van der Waals surface area contributed by atoms with E-state index < -0.39 is 16.2 Å². The van der Waals surface area contributed by atoms with Gasteiger partial charge in [-0.2, -0.15) is 0 Å². The lowest BCUT2D eigenvalue weighted by Gasteiger charge is -2.14. The average molecular weight is 545 g/mol. The monoisotopic (exact) mass is 544 g/mol. The molecule has 8 nitrogen and oxygen atoms in total. The number of nitrogens with zero attached hydrogens (tertiary/aromatic N) is 2. The summed E-state index contributed by atoms with van der Waals surface area (Å²) < 4.78 is 40.0. The number of sulfonamides is 1. The molecule has 0 saturated heterocycles. The van der Waals surface area contributed by atoms with Crippen LogP contribution in [-0.4, -0.2) is 49.3 Å². The van der Waals surface area contributed by atoms with Gasteiger partial charge < -0.3 is 19.1 Å². The van der Waals surface area contributed by atoms with Crippen LogP contribution in [0.2, 0.25) is 0 Å². The van der Waals surface area contributed by atoms with Gasteiger partial charge in [0.05, 0.1) is 22.6 Å². The summed E-state index contributed by atoms with van der Waals surface area (Å²) >= 11 is 0. The minimum atomic E-state index is -3.70. The first-order valence-corrected chi connectivity index (χ1v) is 13.9. The van der Waals surface area contributed by atoms with Gasteiger partial charge in [0.1, 0.15) is 5.75 Å². The highest BCUT2D eigenvalue weighted by molar-refractivity contribution is 7.89. The van der Waals surface area contributed by atoms with Gasteiger partial charge in [0.25, 0.3) is 0 Å². The van der Waals surface area contributed by atoms with Gasteiger partial charge in [0.2, 0.25) is 15.9 Å². The SMILES string of the molecule is CN(C)S(=O)(=O)c1cccc(-c2c(OC(=O)O)n(CCCOc3cccc4ccccc34)c3ccccc23)c1. The molecule has 0 aliphatic rings. The quantitative estimate of drug-likeness (QED) is 0.174. The van der Waals surface area contributed by atoms with E-state index >= 15 is 0 Å². The van der Waals surface area contributed by atoms with Crippen LogP contribution in [0.1, 0.15) is 6.42 Å². The number of aryl methyl sites for hydroxylation is 1. The third-order valence-electron chi connectivity index (χ3n) is 6.54. The largest absolute Gasteiger partial charge is 0.512 e. The lowest BCUT2D eigenvalue weighted by molar-refractivity contribution is 0.141. The van der Waals surface area contributed by atoms with E-state index in [1.54, 1.807) is 22.8 Å². The molecule has 0 aliphatic carbocycles. The van der Waals surface area contributed by atoms with Crippen LogP contribution in [0, 0.1) is 0 Å². The van der Waals surface area contributed by atoms with Crippen LogP contribution in [-0.2, 0) is 16.6 Å². The van der Waals surface area contributed by atoms with E-state index in [0.29, 0.717) is 30.7 Å². The number of rotatable bonds is 9. The predicted molar refractivity (Wildman–Crippen MR) is 151 cm³/mol. The molecular weight excluding hydrogens is 516 g/mol. The molecule has 39 heavy (non-hydrogen) atoms. The zero-order valence-electron chi connectivity index (χ0n) is 21.6. The van der Waals surface area contributed by atoms with Gasteiger partial charge in [-0.15, -0.1) is 0 Å². The molecule has 0 fully saturated rings. The molecule has 0 amide bonds. The predicted octanol–water partition coefficient (Wildman–Crippen LogP) is 6.24. The number of ether oxygens (including phenoxy) is 2. The Bertz CT molecular complexity index is 1770. The molecule has 0 spiro atoms. The van der Waals surface area contributed by atoms with Gasteiger partial charge in [0.15, 0.2) is 0 Å². The van der Waals surface area contributed by atoms with Crippen molar-refractivity contribution in [2.75, 3.05) is 20.7 Å². The first-order chi connectivity index (χ1) is 18.8. The fourth-order valence-corrected chi connectivity index (χ4v) is 5.67. The second kappa shape index (κ2) is 10.8. The van der Waals surface area contributed by atoms with Gasteiger partial charge in [-0.1, -0.05) is 66.7 Å². The average Bonchev–Trinajstić information content (AvgIpc) is 3.23.